The molecule has 0 bridgehead atoms. The summed E-state index contributed by atoms with van der Waals surface area (Å²) in [6.07, 6.45) is 6.89. The van der Waals surface area contributed by atoms with E-state index in [0.29, 0.717) is 23.0 Å². The molecule has 4 rings (SSSR count). The average molecular weight is 302 g/mol. The van der Waals surface area contributed by atoms with Gasteiger partial charge in [0.25, 0.3) is 0 Å². The van der Waals surface area contributed by atoms with Crippen molar-refractivity contribution in [1.82, 2.24) is 0 Å². The van der Waals surface area contributed by atoms with Crippen LogP contribution in [0.4, 0.5) is 0 Å². The summed E-state index contributed by atoms with van der Waals surface area (Å²) in [5.41, 5.74) is 1.37. The summed E-state index contributed by atoms with van der Waals surface area (Å²) >= 11 is 0. The van der Waals surface area contributed by atoms with Crippen LogP contribution in [0.15, 0.2) is 12.2 Å². The molecule has 0 spiro atoms. The SMILES string of the molecule is C=C(C)[C@@H]1CC[C@]2(C)[C@@H]1CC[C@]1(C)C(=O)[C@H]3O[C@@]3(C)CC[C@@H]21. The van der Waals surface area contributed by atoms with Crippen molar-refractivity contribution in [3.63, 3.8) is 0 Å². The first-order chi connectivity index (χ1) is 10.2. The maximum atomic E-state index is 13.2. The van der Waals surface area contributed by atoms with Crippen LogP contribution in [0.5, 0.6) is 0 Å². The standard InChI is InChI=1S/C20H30O2/c1-12(2)13-6-9-18(3)14(13)7-10-19(4)15(18)8-11-20(5)17(22-20)16(19)21/h13-15,17H,1,6-11H2,2-5H3/t13-,14+,15-,17+,18+,19-,20-/m0/s1. The van der Waals surface area contributed by atoms with Crippen molar-refractivity contribution in [3.8, 4) is 0 Å². The van der Waals surface area contributed by atoms with Gasteiger partial charge in [-0.2, -0.15) is 0 Å². The molecule has 1 aliphatic heterocycles. The lowest BCUT2D eigenvalue weighted by Gasteiger charge is -2.54. The van der Waals surface area contributed by atoms with Crippen molar-refractivity contribution in [2.45, 2.75) is 77.9 Å². The molecule has 2 heteroatoms. The molecule has 3 aliphatic carbocycles. The van der Waals surface area contributed by atoms with Gasteiger partial charge in [-0.3, -0.25) is 4.79 Å². The van der Waals surface area contributed by atoms with Gasteiger partial charge >= 0.3 is 0 Å². The van der Waals surface area contributed by atoms with E-state index < -0.39 is 0 Å². The molecule has 0 radical (unpaired) electrons. The van der Waals surface area contributed by atoms with Gasteiger partial charge in [-0.25, -0.2) is 0 Å². The van der Waals surface area contributed by atoms with Gasteiger partial charge in [-0.1, -0.05) is 26.0 Å². The minimum absolute atomic E-state index is 0.110. The molecular formula is C20H30O2. The lowest BCUT2D eigenvalue weighted by molar-refractivity contribution is -0.143. The number of hydrogen-bond donors (Lipinski definition) is 0. The Morgan fingerprint density at radius 3 is 2.55 bits per heavy atom. The number of Topliss-reactive ketones (excluding diaryl/α,β-unsaturated/α-hetero) is 1. The summed E-state index contributed by atoms with van der Waals surface area (Å²) in [4.78, 5) is 13.2. The molecule has 4 aliphatic rings. The molecule has 122 valence electrons. The van der Waals surface area contributed by atoms with E-state index in [9.17, 15) is 4.79 Å². The van der Waals surface area contributed by atoms with Crippen LogP contribution >= 0.6 is 0 Å². The maximum absolute atomic E-state index is 13.2. The highest BCUT2D eigenvalue weighted by molar-refractivity contribution is 5.92. The highest BCUT2D eigenvalue weighted by Gasteiger charge is 2.68. The van der Waals surface area contributed by atoms with Crippen molar-refractivity contribution >= 4 is 5.78 Å². The molecule has 0 N–H and O–H groups in total. The molecule has 2 nitrogen and oxygen atoms in total. The van der Waals surface area contributed by atoms with Crippen molar-refractivity contribution < 1.29 is 9.53 Å². The van der Waals surface area contributed by atoms with Crippen LogP contribution in [0.2, 0.25) is 0 Å². The van der Waals surface area contributed by atoms with Crippen LogP contribution in [0.3, 0.4) is 0 Å². The number of rotatable bonds is 1. The molecule has 0 aromatic carbocycles. The lowest BCUT2D eigenvalue weighted by atomic mass is 9.50. The number of ether oxygens (including phenoxy) is 1. The third kappa shape index (κ3) is 1.68. The molecule has 1 saturated heterocycles. The summed E-state index contributed by atoms with van der Waals surface area (Å²) in [6, 6.07) is 0. The Kier molecular flexibility index (Phi) is 2.89. The van der Waals surface area contributed by atoms with E-state index in [2.05, 4.69) is 34.3 Å². The topological polar surface area (TPSA) is 29.6 Å². The fourth-order valence-electron chi connectivity index (χ4n) is 6.65. The van der Waals surface area contributed by atoms with E-state index in [1.807, 2.05) is 0 Å². The number of fused-ring (bicyclic) bond motifs is 4. The Hall–Kier alpha value is -0.630. The van der Waals surface area contributed by atoms with E-state index >= 15 is 0 Å². The molecule has 1 heterocycles. The van der Waals surface area contributed by atoms with Crippen molar-refractivity contribution in [3.05, 3.63) is 12.2 Å². The second-order valence-corrected chi connectivity index (χ2v) is 9.33. The van der Waals surface area contributed by atoms with Crippen LogP contribution in [-0.2, 0) is 9.53 Å². The van der Waals surface area contributed by atoms with Crippen molar-refractivity contribution in [1.29, 1.82) is 0 Å². The molecule has 7 atom stereocenters. The zero-order chi connectivity index (χ0) is 15.9. The van der Waals surface area contributed by atoms with Gasteiger partial charge < -0.3 is 4.74 Å². The first-order valence-corrected chi connectivity index (χ1v) is 9.10. The Morgan fingerprint density at radius 2 is 1.86 bits per heavy atom. The predicted octanol–water partition coefficient (Wildman–Crippen LogP) is 4.53. The van der Waals surface area contributed by atoms with E-state index in [4.69, 9.17) is 4.74 Å². The smallest absolute Gasteiger partial charge is 0.170 e. The molecular weight excluding hydrogens is 272 g/mol. The lowest BCUT2D eigenvalue weighted by Crippen LogP contribution is -2.51. The Balaban J connectivity index is 1.72. The number of hydrogen-bond acceptors (Lipinski definition) is 2. The average Bonchev–Trinajstić information content (AvgIpc) is 2.99. The van der Waals surface area contributed by atoms with Crippen LogP contribution < -0.4 is 0 Å². The minimum atomic E-state index is -0.159. The summed E-state index contributed by atoms with van der Waals surface area (Å²) in [5, 5.41) is 0. The maximum Gasteiger partial charge on any atom is 0.170 e. The molecule has 0 aromatic heterocycles. The number of carbonyl (C=O) groups excluding carboxylic acids is 1. The largest absolute Gasteiger partial charge is 0.358 e. The van der Waals surface area contributed by atoms with Gasteiger partial charge in [0.05, 0.1) is 5.60 Å². The summed E-state index contributed by atoms with van der Waals surface area (Å²) in [5.74, 6) is 2.35. The van der Waals surface area contributed by atoms with Crippen LogP contribution in [0, 0.1) is 28.6 Å². The van der Waals surface area contributed by atoms with Gasteiger partial charge in [-0.15, -0.1) is 0 Å². The number of carbonyl (C=O) groups is 1. The van der Waals surface area contributed by atoms with Crippen molar-refractivity contribution in [2.75, 3.05) is 0 Å². The molecule has 3 saturated carbocycles. The predicted molar refractivity (Wildman–Crippen MR) is 87.5 cm³/mol. The van der Waals surface area contributed by atoms with E-state index in [1.165, 1.54) is 24.8 Å². The van der Waals surface area contributed by atoms with Crippen molar-refractivity contribution in [2.24, 2.45) is 28.6 Å². The highest BCUT2D eigenvalue weighted by atomic mass is 16.6. The first kappa shape index (κ1) is 14.9. The van der Waals surface area contributed by atoms with E-state index in [1.54, 1.807) is 0 Å². The quantitative estimate of drug-likeness (QED) is 0.526. The fourth-order valence-corrected chi connectivity index (χ4v) is 6.65. The number of allylic oxidation sites excluding steroid dienone is 1. The van der Waals surface area contributed by atoms with Gasteiger partial charge in [0.1, 0.15) is 6.10 Å². The zero-order valence-corrected chi connectivity index (χ0v) is 14.6. The summed E-state index contributed by atoms with van der Waals surface area (Å²) < 4.78 is 5.81. The monoisotopic (exact) mass is 302 g/mol. The fraction of sp³-hybridized carbons (Fsp3) is 0.850. The Labute approximate surface area is 134 Å². The third-order valence-electron chi connectivity index (χ3n) is 8.11. The third-order valence-corrected chi connectivity index (χ3v) is 8.11. The molecule has 4 fully saturated rings. The number of epoxide rings is 1. The van der Waals surface area contributed by atoms with Gasteiger partial charge in [-0.05, 0) is 75.5 Å². The molecule has 22 heavy (non-hydrogen) atoms. The molecule has 0 amide bonds. The second-order valence-electron chi connectivity index (χ2n) is 9.33. The van der Waals surface area contributed by atoms with Gasteiger partial charge in [0.2, 0.25) is 0 Å². The van der Waals surface area contributed by atoms with Crippen LogP contribution in [-0.4, -0.2) is 17.5 Å². The zero-order valence-electron chi connectivity index (χ0n) is 14.6. The van der Waals surface area contributed by atoms with Gasteiger partial charge in [0, 0.05) is 5.41 Å². The summed E-state index contributed by atoms with van der Waals surface area (Å²) in [7, 11) is 0. The van der Waals surface area contributed by atoms with E-state index in [0.717, 1.165) is 25.2 Å². The van der Waals surface area contributed by atoms with Crippen LogP contribution in [0.25, 0.3) is 0 Å². The Morgan fingerprint density at radius 1 is 1.14 bits per heavy atom. The molecule has 0 aromatic rings. The molecule has 0 unspecified atom stereocenters. The normalized spacial score (nSPS) is 56.6. The first-order valence-electron chi connectivity index (χ1n) is 9.10. The van der Waals surface area contributed by atoms with E-state index in [-0.39, 0.29) is 17.1 Å². The number of ketones is 1. The van der Waals surface area contributed by atoms with Gasteiger partial charge in [0.15, 0.2) is 5.78 Å². The minimum Gasteiger partial charge on any atom is -0.358 e. The van der Waals surface area contributed by atoms with Crippen LogP contribution in [0.1, 0.15) is 66.2 Å². The highest BCUT2D eigenvalue weighted by Crippen LogP contribution is 2.67. The second kappa shape index (κ2) is 4.26. The Bertz CT molecular complexity index is 552. The summed E-state index contributed by atoms with van der Waals surface area (Å²) in [6.45, 7) is 13.3.